The van der Waals surface area contributed by atoms with Gasteiger partial charge in [-0.05, 0) is 19.8 Å². The maximum absolute atomic E-state index is 12.2. The molecule has 2 unspecified atom stereocenters. The van der Waals surface area contributed by atoms with Gasteiger partial charge in [-0.25, -0.2) is 8.42 Å². The van der Waals surface area contributed by atoms with Crippen molar-refractivity contribution in [2.24, 2.45) is 5.41 Å². The summed E-state index contributed by atoms with van der Waals surface area (Å²) in [6.45, 7) is 2.90. The monoisotopic (exact) mass is 297 g/mol. The van der Waals surface area contributed by atoms with Gasteiger partial charge in [0, 0.05) is 18.5 Å². The number of hydrogen-bond donors (Lipinski definition) is 2. The lowest BCUT2D eigenvalue weighted by Crippen LogP contribution is -2.42. The minimum absolute atomic E-state index is 0.108. The molecule has 2 fully saturated rings. The van der Waals surface area contributed by atoms with E-state index < -0.39 is 28.5 Å². The molecule has 0 saturated carbocycles. The summed E-state index contributed by atoms with van der Waals surface area (Å²) >= 11 is 0. The molecule has 18 heavy (non-hydrogen) atoms. The highest BCUT2D eigenvalue weighted by Crippen LogP contribution is 2.58. The smallest absolute Gasteiger partial charge is 0.324 e. The third-order valence-corrected chi connectivity index (χ3v) is 7.85. The molecule has 6 nitrogen and oxygen atoms in total. The van der Waals surface area contributed by atoms with Crippen molar-refractivity contribution >= 4 is 17.4 Å². The minimum atomic E-state index is -3.67. The summed E-state index contributed by atoms with van der Waals surface area (Å²) in [5.41, 5.74) is -0.884. The van der Waals surface area contributed by atoms with Gasteiger partial charge >= 0.3 is 7.60 Å². The maximum atomic E-state index is 12.2. The summed E-state index contributed by atoms with van der Waals surface area (Å²) in [6.07, 6.45) is 0.898. The topological polar surface area (TPSA) is 92.7 Å². The van der Waals surface area contributed by atoms with Crippen molar-refractivity contribution in [1.29, 1.82) is 0 Å². The van der Waals surface area contributed by atoms with E-state index in [0.717, 1.165) is 0 Å². The van der Waals surface area contributed by atoms with Crippen LogP contribution in [0, 0.1) is 5.41 Å². The van der Waals surface area contributed by atoms with E-state index in [0.29, 0.717) is 25.9 Å². The minimum Gasteiger partial charge on any atom is -0.324 e. The van der Waals surface area contributed by atoms with Crippen LogP contribution < -0.4 is 5.32 Å². The molecule has 8 heteroatoms. The third-order valence-electron chi connectivity index (χ3n) is 4.05. The second-order valence-corrected chi connectivity index (χ2v) is 9.46. The molecule has 2 rings (SSSR count). The molecule has 2 heterocycles. The van der Waals surface area contributed by atoms with Crippen molar-refractivity contribution in [1.82, 2.24) is 5.32 Å². The first-order valence-electron chi connectivity index (χ1n) is 6.19. The molecule has 0 amide bonds. The average molecular weight is 297 g/mol. The highest BCUT2D eigenvalue weighted by atomic mass is 32.2. The van der Waals surface area contributed by atoms with Gasteiger partial charge in [-0.2, -0.15) is 0 Å². The number of nitrogens with one attached hydrogen (secondary N) is 1. The lowest BCUT2D eigenvalue weighted by atomic mass is 9.81. The highest BCUT2D eigenvalue weighted by Gasteiger charge is 2.54. The molecule has 0 aromatic heterocycles. The normalized spacial score (nSPS) is 33.3. The standard InChI is InChI=1S/C10H20NO5PS/c1-2-16-17(12,13)9-7-11-8-10(9)3-5-18(14,15)6-4-10/h9,11H,2-8H2,1H3,(H,12,13). The zero-order chi connectivity index (χ0) is 13.4. The summed E-state index contributed by atoms with van der Waals surface area (Å²) < 4.78 is 40.2. The van der Waals surface area contributed by atoms with Gasteiger partial charge in [-0.1, -0.05) is 0 Å². The van der Waals surface area contributed by atoms with Gasteiger partial charge in [-0.15, -0.1) is 0 Å². The largest absolute Gasteiger partial charge is 0.333 e. The Morgan fingerprint density at radius 2 is 2.06 bits per heavy atom. The fourth-order valence-corrected chi connectivity index (χ4v) is 6.57. The molecular formula is C10H20NO5PS. The summed E-state index contributed by atoms with van der Waals surface area (Å²) in [4.78, 5) is 10.0. The predicted octanol–water partition coefficient (Wildman–Crippen LogP) is 0.375. The van der Waals surface area contributed by atoms with Crippen molar-refractivity contribution < 1.29 is 22.4 Å². The van der Waals surface area contributed by atoms with Crippen LogP contribution in [-0.4, -0.2) is 50.2 Å². The van der Waals surface area contributed by atoms with Crippen LogP contribution in [0.4, 0.5) is 0 Å². The SMILES string of the molecule is CCOP(=O)(O)C1CNCC12CCS(=O)(=O)CC2. The number of sulfone groups is 1. The van der Waals surface area contributed by atoms with Crippen LogP contribution in [-0.2, 0) is 18.9 Å². The second kappa shape index (κ2) is 4.87. The molecule has 0 aromatic rings. The lowest BCUT2D eigenvalue weighted by Gasteiger charge is -2.38. The summed E-state index contributed by atoms with van der Waals surface area (Å²) in [5, 5.41) is 3.12. The van der Waals surface area contributed by atoms with E-state index in [9.17, 15) is 17.9 Å². The Labute approximate surface area is 108 Å². The van der Waals surface area contributed by atoms with Crippen LogP contribution in [0.2, 0.25) is 0 Å². The van der Waals surface area contributed by atoms with Crippen LogP contribution in [0.3, 0.4) is 0 Å². The summed E-state index contributed by atoms with van der Waals surface area (Å²) in [5.74, 6) is 0.217. The Kier molecular flexibility index (Phi) is 3.91. The molecule has 0 aliphatic carbocycles. The molecule has 0 aromatic carbocycles. The van der Waals surface area contributed by atoms with Gasteiger partial charge in [0.15, 0.2) is 0 Å². The lowest BCUT2D eigenvalue weighted by molar-refractivity contribution is 0.220. The van der Waals surface area contributed by atoms with Gasteiger partial charge in [0.1, 0.15) is 9.84 Å². The van der Waals surface area contributed by atoms with Crippen molar-refractivity contribution in [2.75, 3.05) is 31.2 Å². The van der Waals surface area contributed by atoms with E-state index in [4.69, 9.17) is 4.52 Å². The Morgan fingerprint density at radius 3 is 2.61 bits per heavy atom. The number of hydrogen-bond acceptors (Lipinski definition) is 5. The van der Waals surface area contributed by atoms with E-state index in [1.165, 1.54) is 0 Å². The molecule has 2 aliphatic heterocycles. The van der Waals surface area contributed by atoms with Crippen LogP contribution >= 0.6 is 7.60 Å². The molecular weight excluding hydrogens is 277 g/mol. The summed E-state index contributed by atoms with van der Waals surface area (Å²) in [7, 11) is -6.64. The van der Waals surface area contributed by atoms with Gasteiger partial charge in [-0.3, -0.25) is 4.57 Å². The fraction of sp³-hybridized carbons (Fsp3) is 1.00. The zero-order valence-electron chi connectivity index (χ0n) is 10.5. The first-order chi connectivity index (χ1) is 8.31. The fourth-order valence-electron chi connectivity index (χ4n) is 2.98. The van der Waals surface area contributed by atoms with E-state index in [1.54, 1.807) is 6.92 Å². The van der Waals surface area contributed by atoms with Crippen LogP contribution in [0.1, 0.15) is 19.8 Å². The molecule has 2 saturated heterocycles. The summed E-state index contributed by atoms with van der Waals surface area (Å²) in [6, 6.07) is 0. The van der Waals surface area contributed by atoms with E-state index in [-0.39, 0.29) is 18.1 Å². The molecule has 106 valence electrons. The average Bonchev–Trinajstić information content (AvgIpc) is 2.68. The maximum Gasteiger partial charge on any atom is 0.333 e. The van der Waals surface area contributed by atoms with E-state index in [2.05, 4.69) is 5.32 Å². The molecule has 2 atom stereocenters. The molecule has 0 radical (unpaired) electrons. The van der Waals surface area contributed by atoms with Gasteiger partial charge < -0.3 is 14.7 Å². The Balaban J connectivity index is 2.20. The molecule has 0 bridgehead atoms. The van der Waals surface area contributed by atoms with E-state index >= 15 is 0 Å². The van der Waals surface area contributed by atoms with E-state index in [1.807, 2.05) is 0 Å². The third kappa shape index (κ3) is 2.65. The quantitative estimate of drug-likeness (QED) is 0.731. The van der Waals surface area contributed by atoms with Gasteiger partial charge in [0.2, 0.25) is 0 Å². The predicted molar refractivity (Wildman–Crippen MR) is 68.4 cm³/mol. The first kappa shape index (κ1) is 14.5. The van der Waals surface area contributed by atoms with Crippen molar-refractivity contribution in [2.45, 2.75) is 25.4 Å². The van der Waals surface area contributed by atoms with Gasteiger partial charge in [0.25, 0.3) is 0 Å². The molecule has 2 aliphatic rings. The second-order valence-electron chi connectivity index (χ2n) is 5.14. The van der Waals surface area contributed by atoms with Crippen LogP contribution in [0.25, 0.3) is 0 Å². The van der Waals surface area contributed by atoms with Crippen molar-refractivity contribution in [3.63, 3.8) is 0 Å². The molecule has 1 spiro atoms. The number of rotatable bonds is 3. The van der Waals surface area contributed by atoms with Crippen LogP contribution in [0.5, 0.6) is 0 Å². The Hall–Kier alpha value is 0.0600. The van der Waals surface area contributed by atoms with Gasteiger partial charge in [0.05, 0.1) is 23.8 Å². The van der Waals surface area contributed by atoms with Crippen molar-refractivity contribution in [3.05, 3.63) is 0 Å². The first-order valence-corrected chi connectivity index (χ1v) is 9.66. The molecule has 2 N–H and O–H groups in total. The van der Waals surface area contributed by atoms with Crippen LogP contribution in [0.15, 0.2) is 0 Å². The zero-order valence-corrected chi connectivity index (χ0v) is 12.2. The Bertz CT molecular complexity index is 449. The van der Waals surface area contributed by atoms with Crippen molar-refractivity contribution in [3.8, 4) is 0 Å². The highest BCUT2D eigenvalue weighted by molar-refractivity contribution is 7.91. The Morgan fingerprint density at radius 1 is 1.44 bits per heavy atom.